The van der Waals surface area contributed by atoms with Crippen LogP contribution in [0.3, 0.4) is 0 Å². The largest absolute Gasteiger partial charge is 0.490 e. The highest BCUT2D eigenvalue weighted by Gasteiger charge is 2.32. The van der Waals surface area contributed by atoms with Gasteiger partial charge in [-0.15, -0.1) is 0 Å². The van der Waals surface area contributed by atoms with Gasteiger partial charge in [-0.05, 0) is 27.7 Å². The Hall–Kier alpha value is -2.58. The van der Waals surface area contributed by atoms with Crippen LogP contribution in [0.5, 0.6) is 5.75 Å². The van der Waals surface area contributed by atoms with E-state index < -0.39 is 28.1 Å². The third-order valence-electron chi connectivity index (χ3n) is 4.04. The van der Waals surface area contributed by atoms with Crippen molar-refractivity contribution in [2.24, 2.45) is 0 Å². The Bertz CT molecular complexity index is 704. The van der Waals surface area contributed by atoms with E-state index in [0.29, 0.717) is 19.6 Å². The number of nitro groups is 1. The zero-order chi connectivity index (χ0) is 19.6. The van der Waals surface area contributed by atoms with E-state index in [1.165, 1.54) is 13.2 Å². The standard InChI is InChI=1S/C17H24FN3O5/c1-11-10-19(6-7-20(11)16(22)26-17(2,3)4)13-9-15(25-5)14(21(23)24)8-12(13)18/h8-9,11H,6-7,10H2,1-5H3/t11-/m1/s1. The summed E-state index contributed by atoms with van der Waals surface area (Å²) in [7, 11) is 1.30. The zero-order valence-corrected chi connectivity index (χ0v) is 15.6. The number of carbonyl (C=O) groups excluding carboxylic acids is 1. The molecule has 1 heterocycles. The Morgan fingerprint density at radius 2 is 2.00 bits per heavy atom. The van der Waals surface area contributed by atoms with Crippen molar-refractivity contribution in [1.29, 1.82) is 0 Å². The molecular formula is C17H24FN3O5. The molecule has 0 aliphatic carbocycles. The SMILES string of the molecule is COc1cc(N2CCN(C(=O)OC(C)(C)C)[C@H](C)C2)c(F)cc1[N+](=O)[O-]. The van der Waals surface area contributed by atoms with E-state index in [0.717, 1.165) is 6.07 Å². The molecule has 0 saturated carbocycles. The van der Waals surface area contributed by atoms with Crippen molar-refractivity contribution in [3.8, 4) is 5.75 Å². The van der Waals surface area contributed by atoms with Gasteiger partial charge in [0.2, 0.25) is 0 Å². The van der Waals surface area contributed by atoms with Gasteiger partial charge in [0, 0.05) is 31.7 Å². The Labute approximate surface area is 151 Å². The Kier molecular flexibility index (Phi) is 5.58. The van der Waals surface area contributed by atoms with Gasteiger partial charge in [-0.3, -0.25) is 10.1 Å². The van der Waals surface area contributed by atoms with Gasteiger partial charge in [0.15, 0.2) is 11.6 Å². The van der Waals surface area contributed by atoms with Gasteiger partial charge in [0.05, 0.1) is 23.8 Å². The number of ether oxygens (including phenoxy) is 2. The molecule has 1 aliphatic rings. The number of amides is 1. The molecule has 0 unspecified atom stereocenters. The van der Waals surface area contributed by atoms with E-state index in [-0.39, 0.29) is 17.5 Å². The van der Waals surface area contributed by atoms with Crippen LogP contribution in [0.4, 0.5) is 20.6 Å². The lowest BCUT2D eigenvalue weighted by Crippen LogP contribution is -2.55. The topological polar surface area (TPSA) is 85.2 Å². The molecule has 0 radical (unpaired) electrons. The van der Waals surface area contributed by atoms with Gasteiger partial charge in [-0.1, -0.05) is 0 Å². The van der Waals surface area contributed by atoms with Gasteiger partial charge in [-0.2, -0.15) is 0 Å². The molecule has 0 bridgehead atoms. The van der Waals surface area contributed by atoms with Crippen molar-refractivity contribution in [3.05, 3.63) is 28.1 Å². The molecule has 1 atom stereocenters. The minimum absolute atomic E-state index is 0.00590. The van der Waals surface area contributed by atoms with Crippen LogP contribution in [0.25, 0.3) is 0 Å². The number of hydrogen-bond donors (Lipinski definition) is 0. The van der Waals surface area contributed by atoms with E-state index in [9.17, 15) is 19.3 Å². The molecular weight excluding hydrogens is 345 g/mol. The number of halogens is 1. The average Bonchev–Trinajstić information content (AvgIpc) is 2.52. The highest BCUT2D eigenvalue weighted by atomic mass is 19.1. The van der Waals surface area contributed by atoms with Crippen molar-refractivity contribution in [2.45, 2.75) is 39.3 Å². The quantitative estimate of drug-likeness (QED) is 0.601. The molecule has 1 amide bonds. The van der Waals surface area contributed by atoms with Crippen molar-refractivity contribution < 1.29 is 23.6 Å². The highest BCUT2D eigenvalue weighted by molar-refractivity contribution is 5.69. The van der Waals surface area contributed by atoms with Crippen LogP contribution in [0, 0.1) is 15.9 Å². The molecule has 0 aromatic heterocycles. The van der Waals surface area contributed by atoms with Crippen LogP contribution in [0.1, 0.15) is 27.7 Å². The van der Waals surface area contributed by atoms with Gasteiger partial charge < -0.3 is 19.3 Å². The molecule has 1 aromatic carbocycles. The molecule has 2 rings (SSSR count). The summed E-state index contributed by atoms with van der Waals surface area (Å²) in [6, 6.07) is 1.97. The number of piperazine rings is 1. The minimum atomic E-state index is -0.699. The van der Waals surface area contributed by atoms with Crippen LogP contribution in [0.2, 0.25) is 0 Å². The molecule has 1 aliphatic heterocycles. The molecule has 0 spiro atoms. The number of nitro benzene ring substituents is 1. The fourth-order valence-electron chi connectivity index (χ4n) is 2.85. The summed E-state index contributed by atoms with van der Waals surface area (Å²) < 4.78 is 24.8. The molecule has 26 heavy (non-hydrogen) atoms. The predicted octanol–water partition coefficient (Wildman–Crippen LogP) is 3.19. The third kappa shape index (κ3) is 4.33. The summed E-state index contributed by atoms with van der Waals surface area (Å²) in [6.07, 6.45) is -0.411. The lowest BCUT2D eigenvalue weighted by Gasteiger charge is -2.41. The highest BCUT2D eigenvalue weighted by Crippen LogP contribution is 2.35. The number of carbonyl (C=O) groups is 1. The summed E-state index contributed by atoms with van der Waals surface area (Å²) >= 11 is 0. The first kappa shape index (κ1) is 19.7. The van der Waals surface area contributed by atoms with E-state index in [4.69, 9.17) is 9.47 Å². The Balaban J connectivity index is 2.18. The number of methoxy groups -OCH3 is 1. The fraction of sp³-hybridized carbons (Fsp3) is 0.588. The Morgan fingerprint density at radius 1 is 1.35 bits per heavy atom. The first-order valence-corrected chi connectivity index (χ1v) is 8.30. The maximum Gasteiger partial charge on any atom is 0.410 e. The number of rotatable bonds is 3. The zero-order valence-electron chi connectivity index (χ0n) is 15.6. The van der Waals surface area contributed by atoms with Crippen molar-refractivity contribution in [3.63, 3.8) is 0 Å². The number of nitrogens with zero attached hydrogens (tertiary/aromatic N) is 3. The monoisotopic (exact) mass is 369 g/mol. The third-order valence-corrected chi connectivity index (χ3v) is 4.04. The number of anilines is 1. The molecule has 9 heteroatoms. The summed E-state index contributed by atoms with van der Waals surface area (Å²) in [5.41, 5.74) is -0.802. The van der Waals surface area contributed by atoms with Crippen molar-refractivity contribution in [2.75, 3.05) is 31.6 Å². The normalized spacial score (nSPS) is 17.8. The first-order valence-electron chi connectivity index (χ1n) is 8.30. The summed E-state index contributed by atoms with van der Waals surface area (Å²) in [5.74, 6) is -0.705. The van der Waals surface area contributed by atoms with Crippen LogP contribution in [-0.4, -0.2) is 54.3 Å². The fourth-order valence-corrected chi connectivity index (χ4v) is 2.85. The van der Waals surface area contributed by atoms with Crippen LogP contribution >= 0.6 is 0 Å². The summed E-state index contributed by atoms with van der Waals surface area (Å²) in [4.78, 5) is 25.9. The van der Waals surface area contributed by atoms with E-state index >= 15 is 0 Å². The van der Waals surface area contributed by atoms with E-state index in [1.807, 2.05) is 6.92 Å². The number of hydrogen-bond acceptors (Lipinski definition) is 6. The van der Waals surface area contributed by atoms with Gasteiger partial charge in [0.1, 0.15) is 5.60 Å². The van der Waals surface area contributed by atoms with Crippen LogP contribution < -0.4 is 9.64 Å². The summed E-state index contributed by atoms with van der Waals surface area (Å²) in [6.45, 7) is 8.34. The summed E-state index contributed by atoms with van der Waals surface area (Å²) in [5, 5.41) is 11.0. The Morgan fingerprint density at radius 3 is 2.50 bits per heavy atom. The smallest absolute Gasteiger partial charge is 0.410 e. The maximum atomic E-state index is 14.4. The molecule has 1 saturated heterocycles. The maximum absolute atomic E-state index is 14.4. The second-order valence-electron chi connectivity index (χ2n) is 7.20. The molecule has 8 nitrogen and oxygen atoms in total. The lowest BCUT2D eigenvalue weighted by atomic mass is 10.1. The average molecular weight is 369 g/mol. The van der Waals surface area contributed by atoms with Crippen LogP contribution in [-0.2, 0) is 4.74 Å². The molecule has 1 aromatic rings. The van der Waals surface area contributed by atoms with Gasteiger partial charge >= 0.3 is 11.8 Å². The van der Waals surface area contributed by atoms with Crippen molar-refractivity contribution in [1.82, 2.24) is 4.90 Å². The van der Waals surface area contributed by atoms with Crippen molar-refractivity contribution >= 4 is 17.5 Å². The predicted molar refractivity (Wildman–Crippen MR) is 94.2 cm³/mol. The second kappa shape index (κ2) is 7.35. The molecule has 0 N–H and O–H groups in total. The van der Waals surface area contributed by atoms with E-state index in [1.54, 1.807) is 30.6 Å². The number of benzene rings is 1. The molecule has 144 valence electrons. The lowest BCUT2D eigenvalue weighted by molar-refractivity contribution is -0.385. The van der Waals surface area contributed by atoms with E-state index in [2.05, 4.69) is 0 Å². The minimum Gasteiger partial charge on any atom is -0.490 e. The molecule has 1 fully saturated rings. The first-order chi connectivity index (χ1) is 12.0. The van der Waals surface area contributed by atoms with Crippen LogP contribution in [0.15, 0.2) is 12.1 Å². The second-order valence-corrected chi connectivity index (χ2v) is 7.20. The van der Waals surface area contributed by atoms with Gasteiger partial charge in [0.25, 0.3) is 0 Å². The van der Waals surface area contributed by atoms with Gasteiger partial charge in [-0.25, -0.2) is 9.18 Å².